The lowest BCUT2D eigenvalue weighted by Crippen LogP contribution is -2.23. The lowest BCUT2D eigenvalue weighted by Gasteiger charge is -2.09. The summed E-state index contributed by atoms with van der Waals surface area (Å²) in [5.41, 5.74) is 3.99. The molecule has 2 amide bonds. The first kappa shape index (κ1) is 17.7. The first-order chi connectivity index (χ1) is 12.4. The highest BCUT2D eigenvalue weighted by atomic mass is 16.2. The molecule has 0 aliphatic rings. The van der Waals surface area contributed by atoms with Crippen LogP contribution < -0.4 is 10.6 Å². The molecule has 1 aromatic heterocycles. The molecule has 3 N–H and O–H groups in total. The highest BCUT2D eigenvalue weighted by Crippen LogP contribution is 2.17. The Kier molecular flexibility index (Phi) is 5.02. The smallest absolute Gasteiger partial charge is 0.272 e. The quantitative estimate of drug-likeness (QED) is 0.659. The number of nitrogens with one attached hydrogen (secondary N) is 3. The molecule has 0 spiro atoms. The van der Waals surface area contributed by atoms with Crippen LogP contribution >= 0.6 is 0 Å². The van der Waals surface area contributed by atoms with Crippen molar-refractivity contribution in [1.82, 2.24) is 15.5 Å². The number of aromatic nitrogens is 2. The van der Waals surface area contributed by atoms with Crippen LogP contribution in [-0.4, -0.2) is 22.0 Å². The predicted octanol–water partition coefficient (Wildman–Crippen LogP) is 3.40. The topological polar surface area (TPSA) is 86.9 Å². The van der Waals surface area contributed by atoms with Gasteiger partial charge in [-0.2, -0.15) is 5.10 Å². The number of anilines is 1. The summed E-state index contributed by atoms with van der Waals surface area (Å²) in [6.07, 6.45) is 0. The predicted molar refractivity (Wildman–Crippen MR) is 102 cm³/mol. The van der Waals surface area contributed by atoms with Crippen LogP contribution in [0.15, 0.2) is 42.5 Å². The number of nitrogens with zero attached hydrogens (tertiary/aromatic N) is 1. The van der Waals surface area contributed by atoms with Gasteiger partial charge in [0, 0.05) is 23.5 Å². The molecule has 0 bridgehead atoms. The number of H-pyrrole nitrogens is 1. The average molecular weight is 350 g/mol. The average Bonchev–Trinajstić information content (AvgIpc) is 3.03. The fraction of sp³-hybridized carbons (Fsp3) is 0.250. The third kappa shape index (κ3) is 3.91. The van der Waals surface area contributed by atoms with Crippen molar-refractivity contribution < 1.29 is 9.59 Å². The number of hydrogen-bond acceptors (Lipinski definition) is 3. The van der Waals surface area contributed by atoms with Crippen molar-refractivity contribution in [2.45, 2.75) is 27.3 Å². The molecule has 1 heterocycles. The van der Waals surface area contributed by atoms with E-state index >= 15 is 0 Å². The van der Waals surface area contributed by atoms with Gasteiger partial charge in [-0.1, -0.05) is 37.6 Å². The Labute approximate surface area is 152 Å². The molecule has 0 aliphatic heterocycles. The molecule has 0 unspecified atom stereocenters. The Morgan fingerprint density at radius 3 is 2.54 bits per heavy atom. The van der Waals surface area contributed by atoms with E-state index in [4.69, 9.17) is 0 Å². The van der Waals surface area contributed by atoms with Crippen LogP contribution in [0.4, 0.5) is 5.69 Å². The van der Waals surface area contributed by atoms with E-state index in [2.05, 4.69) is 20.8 Å². The van der Waals surface area contributed by atoms with E-state index < -0.39 is 0 Å². The van der Waals surface area contributed by atoms with E-state index in [9.17, 15) is 9.59 Å². The number of carbonyl (C=O) groups excluding carboxylic acids is 2. The number of benzene rings is 2. The minimum atomic E-state index is -0.223. The highest BCUT2D eigenvalue weighted by molar-refractivity contribution is 6.04. The minimum absolute atomic E-state index is 0.0215. The number of carbonyl (C=O) groups is 2. The summed E-state index contributed by atoms with van der Waals surface area (Å²) < 4.78 is 0. The van der Waals surface area contributed by atoms with Crippen LogP contribution in [0.2, 0.25) is 0 Å². The molecule has 26 heavy (non-hydrogen) atoms. The van der Waals surface area contributed by atoms with Gasteiger partial charge < -0.3 is 10.6 Å². The summed E-state index contributed by atoms with van der Waals surface area (Å²) in [5.74, 6) is -0.313. The second kappa shape index (κ2) is 7.39. The lowest BCUT2D eigenvalue weighted by molar-refractivity contribution is -0.118. The minimum Gasteiger partial charge on any atom is -0.347 e. The third-order valence-corrected chi connectivity index (χ3v) is 4.13. The maximum atomic E-state index is 12.4. The number of aryl methyl sites for hydroxylation is 1. The Morgan fingerprint density at radius 2 is 1.85 bits per heavy atom. The Morgan fingerprint density at radius 1 is 1.12 bits per heavy atom. The number of hydrogen-bond donors (Lipinski definition) is 3. The molecule has 0 radical (unpaired) electrons. The summed E-state index contributed by atoms with van der Waals surface area (Å²) in [4.78, 5) is 24.1. The second-order valence-corrected chi connectivity index (χ2v) is 6.64. The van der Waals surface area contributed by atoms with Gasteiger partial charge >= 0.3 is 0 Å². The summed E-state index contributed by atoms with van der Waals surface area (Å²) in [6, 6.07) is 13.2. The number of fused-ring (bicyclic) bond motifs is 1. The molecule has 2 aromatic carbocycles. The van der Waals surface area contributed by atoms with Gasteiger partial charge in [-0.25, -0.2) is 0 Å². The van der Waals surface area contributed by atoms with Crippen molar-refractivity contribution in [3.05, 3.63) is 59.3 Å². The zero-order chi connectivity index (χ0) is 18.7. The Hall–Kier alpha value is -3.15. The van der Waals surface area contributed by atoms with Crippen molar-refractivity contribution in [2.75, 3.05) is 5.32 Å². The third-order valence-electron chi connectivity index (χ3n) is 4.13. The van der Waals surface area contributed by atoms with Crippen molar-refractivity contribution in [1.29, 1.82) is 0 Å². The molecule has 3 rings (SSSR count). The second-order valence-electron chi connectivity index (χ2n) is 6.64. The molecule has 0 saturated carbocycles. The molecular weight excluding hydrogens is 328 g/mol. The van der Waals surface area contributed by atoms with Crippen LogP contribution in [-0.2, 0) is 11.3 Å². The van der Waals surface area contributed by atoms with Crippen LogP contribution in [0.5, 0.6) is 0 Å². The number of amides is 2. The van der Waals surface area contributed by atoms with E-state index in [-0.39, 0.29) is 17.7 Å². The molecule has 134 valence electrons. The summed E-state index contributed by atoms with van der Waals surface area (Å²) in [6.45, 7) is 6.06. The zero-order valence-corrected chi connectivity index (χ0v) is 15.1. The molecular formula is C20H22N4O2. The van der Waals surface area contributed by atoms with Crippen molar-refractivity contribution in [3.63, 3.8) is 0 Å². The molecule has 0 fully saturated rings. The SMILES string of the molecule is Cc1ccc2[nH]nc(C(=O)NCc3ccc(NC(=O)C(C)C)cc3)c2c1. The summed E-state index contributed by atoms with van der Waals surface area (Å²) in [7, 11) is 0. The highest BCUT2D eigenvalue weighted by Gasteiger charge is 2.14. The van der Waals surface area contributed by atoms with E-state index in [1.54, 1.807) is 0 Å². The summed E-state index contributed by atoms with van der Waals surface area (Å²) in [5, 5.41) is 13.5. The van der Waals surface area contributed by atoms with E-state index in [0.29, 0.717) is 12.2 Å². The molecule has 6 heteroatoms. The van der Waals surface area contributed by atoms with Gasteiger partial charge in [0.05, 0.1) is 5.52 Å². The van der Waals surface area contributed by atoms with Gasteiger partial charge in [-0.05, 0) is 36.8 Å². The molecule has 0 saturated heterocycles. The largest absolute Gasteiger partial charge is 0.347 e. The number of aromatic amines is 1. The fourth-order valence-corrected chi connectivity index (χ4v) is 2.56. The fourth-order valence-electron chi connectivity index (χ4n) is 2.56. The first-order valence-corrected chi connectivity index (χ1v) is 8.57. The molecule has 6 nitrogen and oxygen atoms in total. The van der Waals surface area contributed by atoms with Gasteiger partial charge in [-0.15, -0.1) is 0 Å². The first-order valence-electron chi connectivity index (χ1n) is 8.57. The van der Waals surface area contributed by atoms with Gasteiger partial charge in [-0.3, -0.25) is 14.7 Å². The molecule has 3 aromatic rings. The van der Waals surface area contributed by atoms with Gasteiger partial charge in [0.1, 0.15) is 0 Å². The standard InChI is InChI=1S/C20H22N4O2/c1-12(2)19(25)22-15-7-5-14(6-8-15)11-21-20(26)18-16-10-13(3)4-9-17(16)23-24-18/h4-10,12H,11H2,1-3H3,(H,21,26)(H,22,25)(H,23,24). The van der Waals surface area contributed by atoms with Crippen LogP contribution in [0, 0.1) is 12.8 Å². The normalized spacial score (nSPS) is 10.9. The van der Waals surface area contributed by atoms with Crippen LogP contribution in [0.1, 0.15) is 35.5 Å². The zero-order valence-electron chi connectivity index (χ0n) is 15.1. The van der Waals surface area contributed by atoms with E-state index in [0.717, 1.165) is 27.7 Å². The van der Waals surface area contributed by atoms with Crippen molar-refractivity contribution >= 4 is 28.4 Å². The Bertz CT molecular complexity index is 942. The van der Waals surface area contributed by atoms with Crippen LogP contribution in [0.3, 0.4) is 0 Å². The molecule has 0 aliphatic carbocycles. The van der Waals surface area contributed by atoms with Gasteiger partial charge in [0.15, 0.2) is 5.69 Å². The monoisotopic (exact) mass is 350 g/mol. The molecule has 0 atom stereocenters. The Balaban J connectivity index is 1.64. The summed E-state index contributed by atoms with van der Waals surface area (Å²) >= 11 is 0. The van der Waals surface area contributed by atoms with E-state index in [1.165, 1.54) is 0 Å². The lowest BCUT2D eigenvalue weighted by atomic mass is 10.1. The number of rotatable bonds is 5. The van der Waals surface area contributed by atoms with Gasteiger partial charge in [0.2, 0.25) is 5.91 Å². The maximum Gasteiger partial charge on any atom is 0.272 e. The maximum absolute atomic E-state index is 12.4. The van der Waals surface area contributed by atoms with E-state index in [1.807, 2.05) is 63.2 Å². The van der Waals surface area contributed by atoms with Gasteiger partial charge in [0.25, 0.3) is 5.91 Å². The van der Waals surface area contributed by atoms with Crippen molar-refractivity contribution in [3.8, 4) is 0 Å². The van der Waals surface area contributed by atoms with Crippen molar-refractivity contribution in [2.24, 2.45) is 5.92 Å². The van der Waals surface area contributed by atoms with Crippen LogP contribution in [0.25, 0.3) is 10.9 Å².